The highest BCUT2D eigenvalue weighted by atomic mass is 19.4. The summed E-state index contributed by atoms with van der Waals surface area (Å²) >= 11 is 0. The van der Waals surface area contributed by atoms with E-state index in [0.29, 0.717) is 0 Å². The summed E-state index contributed by atoms with van der Waals surface area (Å²) in [6.45, 7) is 0. The molecule has 0 spiro atoms. The maximum atomic E-state index is 13.1. The first-order chi connectivity index (χ1) is 12.9. The Hall–Kier alpha value is -3.76. The summed E-state index contributed by atoms with van der Waals surface area (Å²) in [4.78, 5) is 19.5. The number of nitrogen functional groups attached to an aromatic ring is 1. The SMILES string of the molecule is Nc1c(NNC(=O)c2ccco2)ncnc1Nc1ccccc1C(F)(F)F. The average Bonchev–Trinajstić information content (AvgIpc) is 3.16. The molecule has 1 amide bonds. The zero-order valence-corrected chi connectivity index (χ0v) is 13.5. The van der Waals surface area contributed by atoms with Crippen LogP contribution in [0.1, 0.15) is 16.1 Å². The van der Waals surface area contributed by atoms with Crippen molar-refractivity contribution in [3.63, 3.8) is 0 Å². The molecule has 0 radical (unpaired) electrons. The molecule has 0 bridgehead atoms. The van der Waals surface area contributed by atoms with Crippen molar-refractivity contribution in [3.05, 3.63) is 60.3 Å². The van der Waals surface area contributed by atoms with Crippen LogP contribution in [0.5, 0.6) is 0 Å². The van der Waals surface area contributed by atoms with Crippen LogP contribution in [0.15, 0.2) is 53.4 Å². The molecule has 27 heavy (non-hydrogen) atoms. The number of hydrogen-bond donors (Lipinski definition) is 4. The Kier molecular flexibility index (Phi) is 4.83. The van der Waals surface area contributed by atoms with Crippen LogP contribution < -0.4 is 21.9 Å². The number of furan rings is 1. The molecule has 0 atom stereocenters. The standard InChI is InChI=1S/C16H13F3N6O2/c17-16(18,19)9-4-1-2-5-10(9)23-13-12(20)14(22-8-21-13)24-25-15(26)11-6-3-7-27-11/h1-8H,20H2,(H,25,26)(H2,21,22,23,24). The number of halogens is 3. The van der Waals surface area contributed by atoms with Crippen molar-refractivity contribution >= 4 is 28.9 Å². The first-order valence-electron chi connectivity index (χ1n) is 7.50. The van der Waals surface area contributed by atoms with Gasteiger partial charge in [0.05, 0.1) is 17.5 Å². The normalized spacial score (nSPS) is 11.1. The lowest BCUT2D eigenvalue weighted by Gasteiger charge is -2.16. The van der Waals surface area contributed by atoms with Gasteiger partial charge >= 0.3 is 12.1 Å². The molecule has 1 aromatic carbocycles. The third-order valence-corrected chi connectivity index (χ3v) is 3.41. The molecule has 0 unspecified atom stereocenters. The zero-order valence-electron chi connectivity index (χ0n) is 13.5. The van der Waals surface area contributed by atoms with Gasteiger partial charge in [-0.05, 0) is 24.3 Å². The molecule has 8 nitrogen and oxygen atoms in total. The average molecular weight is 378 g/mol. The quantitative estimate of drug-likeness (QED) is 0.504. The topological polar surface area (TPSA) is 118 Å². The van der Waals surface area contributed by atoms with Crippen LogP contribution in [0, 0.1) is 0 Å². The fraction of sp³-hybridized carbons (Fsp3) is 0.0625. The molecule has 3 aromatic rings. The van der Waals surface area contributed by atoms with Crippen LogP contribution in [-0.2, 0) is 6.18 Å². The number of alkyl halides is 3. The molecule has 0 aliphatic carbocycles. The smallest absolute Gasteiger partial charge is 0.418 e. The van der Waals surface area contributed by atoms with Crippen molar-refractivity contribution in [2.45, 2.75) is 6.18 Å². The third kappa shape index (κ3) is 4.08. The molecule has 5 N–H and O–H groups in total. The van der Waals surface area contributed by atoms with Gasteiger partial charge in [-0.1, -0.05) is 12.1 Å². The lowest BCUT2D eigenvalue weighted by molar-refractivity contribution is -0.136. The number of carbonyl (C=O) groups excluding carboxylic acids is 1. The number of hydrogen-bond acceptors (Lipinski definition) is 7. The van der Waals surface area contributed by atoms with Gasteiger partial charge in [-0.15, -0.1) is 0 Å². The van der Waals surface area contributed by atoms with E-state index >= 15 is 0 Å². The number of anilines is 4. The van der Waals surface area contributed by atoms with Gasteiger partial charge in [0.25, 0.3) is 0 Å². The van der Waals surface area contributed by atoms with Gasteiger partial charge in [-0.3, -0.25) is 15.6 Å². The maximum absolute atomic E-state index is 13.1. The molecule has 140 valence electrons. The van der Waals surface area contributed by atoms with E-state index < -0.39 is 17.6 Å². The van der Waals surface area contributed by atoms with Gasteiger partial charge in [-0.25, -0.2) is 9.97 Å². The van der Waals surface area contributed by atoms with E-state index in [0.717, 1.165) is 12.4 Å². The summed E-state index contributed by atoms with van der Waals surface area (Å²) in [6, 6.07) is 7.88. The van der Waals surface area contributed by atoms with Gasteiger partial charge in [-0.2, -0.15) is 13.2 Å². The van der Waals surface area contributed by atoms with Gasteiger partial charge in [0.1, 0.15) is 12.0 Å². The number of para-hydroxylation sites is 1. The highest BCUT2D eigenvalue weighted by Crippen LogP contribution is 2.36. The second-order valence-electron chi connectivity index (χ2n) is 5.21. The van der Waals surface area contributed by atoms with Crippen molar-refractivity contribution in [1.82, 2.24) is 15.4 Å². The number of rotatable bonds is 5. The molecule has 0 fully saturated rings. The summed E-state index contributed by atoms with van der Waals surface area (Å²) in [6.07, 6.45) is -2.15. The number of benzene rings is 1. The molecule has 0 aliphatic rings. The Labute approximate surface area is 150 Å². The van der Waals surface area contributed by atoms with E-state index in [1.54, 1.807) is 0 Å². The molecule has 0 saturated heterocycles. The predicted octanol–water partition coefficient (Wildman–Crippen LogP) is 3.17. The number of amides is 1. The molecule has 0 saturated carbocycles. The molecule has 2 aromatic heterocycles. The van der Waals surface area contributed by atoms with Crippen LogP contribution in [-0.4, -0.2) is 15.9 Å². The first-order valence-corrected chi connectivity index (χ1v) is 7.50. The maximum Gasteiger partial charge on any atom is 0.418 e. The lowest BCUT2D eigenvalue weighted by Crippen LogP contribution is -2.30. The molecule has 11 heteroatoms. The van der Waals surface area contributed by atoms with Crippen molar-refractivity contribution in [3.8, 4) is 0 Å². The van der Waals surface area contributed by atoms with Gasteiger partial charge in [0.2, 0.25) is 0 Å². The van der Waals surface area contributed by atoms with Crippen LogP contribution in [0.25, 0.3) is 0 Å². The van der Waals surface area contributed by atoms with E-state index in [-0.39, 0.29) is 28.8 Å². The van der Waals surface area contributed by atoms with Crippen molar-refractivity contribution in [1.29, 1.82) is 0 Å². The minimum Gasteiger partial charge on any atom is -0.459 e. The lowest BCUT2D eigenvalue weighted by atomic mass is 10.1. The summed E-state index contributed by atoms with van der Waals surface area (Å²) in [5.74, 6) is -0.601. The number of nitrogens with two attached hydrogens (primary N) is 1. The van der Waals surface area contributed by atoms with Gasteiger partial charge < -0.3 is 15.5 Å². The number of aromatic nitrogens is 2. The summed E-state index contributed by atoms with van der Waals surface area (Å²) in [5.41, 5.74) is 9.49. The Morgan fingerprint density at radius 1 is 1.07 bits per heavy atom. The van der Waals surface area contributed by atoms with Gasteiger partial charge in [0.15, 0.2) is 17.4 Å². The van der Waals surface area contributed by atoms with E-state index in [9.17, 15) is 18.0 Å². The largest absolute Gasteiger partial charge is 0.459 e. The Morgan fingerprint density at radius 2 is 1.81 bits per heavy atom. The Balaban J connectivity index is 1.79. The number of nitrogens with zero attached hydrogens (tertiary/aromatic N) is 2. The molecular weight excluding hydrogens is 365 g/mol. The van der Waals surface area contributed by atoms with Crippen molar-refractivity contribution < 1.29 is 22.4 Å². The summed E-state index contributed by atoms with van der Waals surface area (Å²) < 4.78 is 44.2. The highest BCUT2D eigenvalue weighted by Gasteiger charge is 2.33. The van der Waals surface area contributed by atoms with E-state index in [4.69, 9.17) is 10.2 Å². The molecule has 0 aliphatic heterocycles. The van der Waals surface area contributed by atoms with E-state index in [1.165, 1.54) is 36.6 Å². The number of hydrazine groups is 1. The van der Waals surface area contributed by atoms with Crippen molar-refractivity contribution in [2.75, 3.05) is 16.5 Å². The Bertz CT molecular complexity index is 944. The zero-order chi connectivity index (χ0) is 19.4. The first kappa shape index (κ1) is 18.0. The number of nitrogens with one attached hydrogen (secondary N) is 3. The monoisotopic (exact) mass is 378 g/mol. The van der Waals surface area contributed by atoms with Crippen molar-refractivity contribution in [2.24, 2.45) is 0 Å². The minimum absolute atomic E-state index is 0.00287. The fourth-order valence-corrected chi connectivity index (χ4v) is 2.15. The highest BCUT2D eigenvalue weighted by molar-refractivity contribution is 5.92. The molecular formula is C16H13F3N6O2. The van der Waals surface area contributed by atoms with Gasteiger partial charge in [0, 0.05) is 0 Å². The number of carbonyl (C=O) groups is 1. The Morgan fingerprint density at radius 3 is 2.52 bits per heavy atom. The van der Waals surface area contributed by atoms with Crippen LogP contribution in [0.3, 0.4) is 0 Å². The van der Waals surface area contributed by atoms with E-state index in [1.807, 2.05) is 0 Å². The summed E-state index contributed by atoms with van der Waals surface area (Å²) in [5, 5.41) is 2.54. The molecule has 3 rings (SSSR count). The van der Waals surface area contributed by atoms with Crippen LogP contribution in [0.2, 0.25) is 0 Å². The van der Waals surface area contributed by atoms with Crippen LogP contribution >= 0.6 is 0 Å². The summed E-state index contributed by atoms with van der Waals surface area (Å²) in [7, 11) is 0. The predicted molar refractivity (Wildman–Crippen MR) is 91.0 cm³/mol. The minimum atomic E-state index is -4.55. The second-order valence-corrected chi connectivity index (χ2v) is 5.21. The fourth-order valence-electron chi connectivity index (χ4n) is 2.15. The van der Waals surface area contributed by atoms with E-state index in [2.05, 4.69) is 26.1 Å². The second kappa shape index (κ2) is 7.23. The van der Waals surface area contributed by atoms with Crippen LogP contribution in [0.4, 0.5) is 36.2 Å². The third-order valence-electron chi connectivity index (χ3n) is 3.41. The molecule has 2 heterocycles.